The molecule has 0 fully saturated rings. The molecule has 0 N–H and O–H groups in total. The van der Waals surface area contributed by atoms with Crippen LogP contribution in [0.25, 0.3) is 0 Å². The Hall–Kier alpha value is -2.18. The second-order valence-corrected chi connectivity index (χ2v) is 4.27. The highest BCUT2D eigenvalue weighted by Crippen LogP contribution is 2.32. The lowest BCUT2D eigenvalue weighted by molar-refractivity contribution is -0.140. The Morgan fingerprint density at radius 2 is 2.00 bits per heavy atom. The van der Waals surface area contributed by atoms with Gasteiger partial charge in [-0.2, -0.15) is 18.3 Å². The molecule has 0 spiro atoms. The topological polar surface area (TPSA) is 34.9 Å². The van der Waals surface area contributed by atoms with Crippen molar-refractivity contribution < 1.29 is 22.4 Å². The monoisotopic (exact) mass is 286 g/mol. The average molecular weight is 286 g/mol. The molecule has 2 rings (SSSR count). The van der Waals surface area contributed by atoms with Gasteiger partial charge in [0.1, 0.15) is 5.82 Å². The van der Waals surface area contributed by atoms with Crippen LogP contribution in [0.15, 0.2) is 30.5 Å². The number of carbonyl (C=O) groups is 1. The van der Waals surface area contributed by atoms with Crippen molar-refractivity contribution in [3.63, 3.8) is 0 Å². The molecule has 0 unspecified atom stereocenters. The number of alkyl halides is 3. The Kier molecular flexibility index (Phi) is 3.61. The van der Waals surface area contributed by atoms with Gasteiger partial charge in [0.05, 0.1) is 17.7 Å². The smallest absolute Gasteiger partial charge is 0.294 e. The molecule has 106 valence electrons. The van der Waals surface area contributed by atoms with Crippen LogP contribution < -0.4 is 0 Å². The number of aromatic nitrogens is 2. The molecule has 0 radical (unpaired) electrons. The van der Waals surface area contributed by atoms with E-state index >= 15 is 0 Å². The highest BCUT2D eigenvalue weighted by Gasteiger charge is 2.34. The van der Waals surface area contributed by atoms with Crippen LogP contribution in [0.3, 0.4) is 0 Å². The van der Waals surface area contributed by atoms with Crippen LogP contribution in [-0.4, -0.2) is 15.6 Å². The van der Waals surface area contributed by atoms with Crippen LogP contribution in [0.2, 0.25) is 0 Å². The molecule has 3 nitrogen and oxygen atoms in total. The fourth-order valence-electron chi connectivity index (χ4n) is 1.74. The number of benzene rings is 1. The molecule has 0 aliphatic heterocycles. The van der Waals surface area contributed by atoms with E-state index < -0.39 is 23.3 Å². The summed E-state index contributed by atoms with van der Waals surface area (Å²) in [5.74, 6) is -1.94. The number of hydrogen-bond acceptors (Lipinski definition) is 2. The van der Waals surface area contributed by atoms with Crippen LogP contribution in [0.4, 0.5) is 17.6 Å². The Morgan fingerprint density at radius 3 is 2.55 bits per heavy atom. The van der Waals surface area contributed by atoms with Gasteiger partial charge < -0.3 is 0 Å². The fraction of sp³-hybridized carbons (Fsp3) is 0.231. The zero-order valence-corrected chi connectivity index (χ0v) is 10.4. The lowest BCUT2D eigenvalue weighted by Gasteiger charge is -2.09. The Morgan fingerprint density at radius 1 is 1.30 bits per heavy atom. The molecule has 1 heterocycles. The molecule has 2 aromatic rings. The van der Waals surface area contributed by atoms with Crippen LogP contribution in [0.5, 0.6) is 0 Å². The molecule has 0 saturated carbocycles. The number of carbonyl (C=O) groups excluding carboxylic acids is 1. The van der Waals surface area contributed by atoms with Gasteiger partial charge in [0.2, 0.25) is 0 Å². The van der Waals surface area contributed by atoms with Gasteiger partial charge in [-0.25, -0.2) is 4.39 Å². The third kappa shape index (κ3) is 3.04. The van der Waals surface area contributed by atoms with Crippen LogP contribution in [-0.2, 0) is 19.6 Å². The molecule has 0 aliphatic carbocycles. The van der Waals surface area contributed by atoms with Crippen molar-refractivity contribution in [2.75, 3.05) is 0 Å². The minimum atomic E-state index is -4.83. The van der Waals surface area contributed by atoms with Crippen LogP contribution >= 0.6 is 0 Å². The van der Waals surface area contributed by atoms with Gasteiger partial charge in [0, 0.05) is 18.8 Å². The number of hydrogen-bond donors (Lipinski definition) is 0. The molecule has 1 aromatic heterocycles. The number of nitrogens with zero attached hydrogens (tertiary/aromatic N) is 2. The summed E-state index contributed by atoms with van der Waals surface area (Å²) in [6, 6.07) is 3.80. The summed E-state index contributed by atoms with van der Waals surface area (Å²) >= 11 is 0. The van der Waals surface area contributed by atoms with Crippen molar-refractivity contribution in [1.29, 1.82) is 0 Å². The number of Topliss-reactive ketones (excluding diaryl/α,β-unsaturated/α-hetero) is 1. The van der Waals surface area contributed by atoms with E-state index in [1.54, 1.807) is 19.3 Å². The van der Waals surface area contributed by atoms with E-state index in [1.165, 1.54) is 4.68 Å². The average Bonchev–Trinajstić information content (AvgIpc) is 2.73. The minimum absolute atomic E-state index is 0.135. The van der Waals surface area contributed by atoms with E-state index in [-0.39, 0.29) is 12.0 Å². The van der Waals surface area contributed by atoms with Gasteiger partial charge in [-0.1, -0.05) is 0 Å². The van der Waals surface area contributed by atoms with Crippen LogP contribution in [0.1, 0.15) is 21.6 Å². The van der Waals surface area contributed by atoms with Crippen molar-refractivity contribution in [2.24, 2.45) is 7.05 Å². The summed E-state index contributed by atoms with van der Waals surface area (Å²) in [5.41, 5.74) is -1.19. The van der Waals surface area contributed by atoms with E-state index in [9.17, 15) is 22.4 Å². The predicted molar refractivity (Wildman–Crippen MR) is 62.6 cm³/mol. The van der Waals surface area contributed by atoms with Crippen molar-refractivity contribution in [1.82, 2.24) is 9.78 Å². The van der Waals surface area contributed by atoms with Gasteiger partial charge in [0.15, 0.2) is 5.78 Å². The molecule has 0 bridgehead atoms. The van der Waals surface area contributed by atoms with Crippen molar-refractivity contribution in [3.8, 4) is 0 Å². The maximum atomic E-state index is 13.1. The first-order valence-corrected chi connectivity index (χ1v) is 5.66. The standard InChI is InChI=1S/C13H10F4N2O/c1-19-5-4-9(18-19)7-12(20)8-2-3-11(14)10(6-8)13(15,16)17/h2-6H,7H2,1H3. The van der Waals surface area contributed by atoms with Crippen molar-refractivity contribution >= 4 is 5.78 Å². The highest BCUT2D eigenvalue weighted by molar-refractivity contribution is 5.97. The number of halogens is 4. The first kappa shape index (κ1) is 14.2. The fourth-order valence-corrected chi connectivity index (χ4v) is 1.74. The molecular weight excluding hydrogens is 276 g/mol. The Balaban J connectivity index is 2.27. The van der Waals surface area contributed by atoms with Crippen molar-refractivity contribution in [2.45, 2.75) is 12.6 Å². The summed E-state index contributed by atoms with van der Waals surface area (Å²) in [6.45, 7) is 0. The lowest BCUT2D eigenvalue weighted by atomic mass is 10.0. The predicted octanol–water partition coefficient (Wildman–Crippen LogP) is 3.00. The molecule has 0 saturated heterocycles. The molecule has 20 heavy (non-hydrogen) atoms. The molecular formula is C13H10F4N2O. The molecule has 7 heteroatoms. The maximum absolute atomic E-state index is 13.1. The van der Waals surface area contributed by atoms with E-state index in [0.717, 1.165) is 6.07 Å². The van der Waals surface area contributed by atoms with E-state index in [2.05, 4.69) is 5.10 Å². The third-order valence-corrected chi connectivity index (χ3v) is 2.70. The maximum Gasteiger partial charge on any atom is 0.419 e. The highest BCUT2D eigenvalue weighted by atomic mass is 19.4. The van der Waals surface area contributed by atoms with Gasteiger partial charge in [0.25, 0.3) is 0 Å². The SMILES string of the molecule is Cn1ccc(CC(=O)c2ccc(F)c(C(F)(F)F)c2)n1. The van der Waals surface area contributed by atoms with Crippen LogP contribution in [0, 0.1) is 5.82 Å². The first-order valence-electron chi connectivity index (χ1n) is 5.66. The summed E-state index contributed by atoms with van der Waals surface area (Å²) in [6.07, 6.45) is -3.34. The summed E-state index contributed by atoms with van der Waals surface area (Å²) in [4.78, 5) is 11.9. The first-order chi connectivity index (χ1) is 9.27. The van der Waals surface area contributed by atoms with Crippen molar-refractivity contribution in [3.05, 3.63) is 53.1 Å². The van der Waals surface area contributed by atoms with E-state index in [0.29, 0.717) is 17.8 Å². The Bertz CT molecular complexity index is 646. The number of aryl methyl sites for hydroxylation is 1. The van der Waals surface area contributed by atoms with Gasteiger partial charge in [-0.15, -0.1) is 0 Å². The lowest BCUT2D eigenvalue weighted by Crippen LogP contribution is -2.11. The summed E-state index contributed by atoms with van der Waals surface area (Å²) in [5, 5.41) is 3.96. The largest absolute Gasteiger partial charge is 0.419 e. The van der Waals surface area contributed by atoms with Gasteiger partial charge >= 0.3 is 6.18 Å². The molecule has 1 aromatic carbocycles. The second kappa shape index (κ2) is 5.07. The minimum Gasteiger partial charge on any atom is -0.294 e. The number of ketones is 1. The number of rotatable bonds is 3. The van der Waals surface area contributed by atoms with E-state index in [1.807, 2.05) is 0 Å². The summed E-state index contributed by atoms with van der Waals surface area (Å²) in [7, 11) is 1.66. The molecule has 0 atom stereocenters. The van der Waals surface area contributed by atoms with Gasteiger partial charge in [-0.05, 0) is 24.3 Å². The van der Waals surface area contributed by atoms with Gasteiger partial charge in [-0.3, -0.25) is 9.48 Å². The molecule has 0 amide bonds. The zero-order chi connectivity index (χ0) is 14.9. The normalized spacial score (nSPS) is 11.7. The van der Waals surface area contributed by atoms with E-state index in [4.69, 9.17) is 0 Å². The zero-order valence-electron chi connectivity index (χ0n) is 10.4. The summed E-state index contributed by atoms with van der Waals surface area (Å²) < 4.78 is 52.3. The Labute approximate surface area is 111 Å². The third-order valence-electron chi connectivity index (χ3n) is 2.70. The second-order valence-electron chi connectivity index (χ2n) is 4.27. The quantitative estimate of drug-likeness (QED) is 0.642. The molecule has 0 aliphatic rings.